The number of allylic oxidation sites excluding steroid dienone is 2. The van der Waals surface area contributed by atoms with Crippen molar-refractivity contribution >= 4 is 0 Å². The molecule has 0 saturated heterocycles. The molecule has 0 aromatic carbocycles. The second-order valence-corrected chi connectivity index (χ2v) is 2.00. The maximum absolute atomic E-state index is 3.86. The highest BCUT2D eigenvalue weighted by atomic mass is 13.9. The van der Waals surface area contributed by atoms with Crippen LogP contribution in [0.2, 0.25) is 0 Å². The molecule has 0 atom stereocenters. The van der Waals surface area contributed by atoms with Crippen LogP contribution < -0.4 is 0 Å². The molecule has 0 rings (SSSR count). The van der Waals surface area contributed by atoms with E-state index in [1.807, 2.05) is 0 Å². The average molecular weight is 111 g/mol. The molecule has 0 aliphatic rings. The predicted octanol–water partition coefficient (Wildman–Crippen LogP) is 2.96. The van der Waals surface area contributed by atoms with Crippen LogP contribution in [0.5, 0.6) is 0 Å². The van der Waals surface area contributed by atoms with E-state index in [0.29, 0.717) is 0 Å². The van der Waals surface area contributed by atoms with E-state index in [1.165, 1.54) is 18.4 Å². The number of rotatable bonds is 3. The molecule has 0 aliphatic carbocycles. The summed E-state index contributed by atoms with van der Waals surface area (Å²) in [6.45, 7) is 8.17. The van der Waals surface area contributed by atoms with Crippen LogP contribution in [0.25, 0.3) is 0 Å². The average Bonchev–Trinajstić information content (AvgIpc) is 1.83. The van der Waals surface area contributed by atoms with Crippen molar-refractivity contribution in [3.63, 3.8) is 0 Å². The number of hydrogen-bond acceptors (Lipinski definition) is 0. The van der Waals surface area contributed by atoms with Crippen LogP contribution in [0.15, 0.2) is 11.6 Å². The van der Waals surface area contributed by atoms with E-state index in [1.54, 1.807) is 0 Å². The van der Waals surface area contributed by atoms with E-state index >= 15 is 0 Å². The van der Waals surface area contributed by atoms with Gasteiger partial charge in [-0.3, -0.25) is 0 Å². The summed E-state index contributed by atoms with van der Waals surface area (Å²) in [5.41, 5.74) is 1.27. The molecule has 0 aliphatic heterocycles. The van der Waals surface area contributed by atoms with Gasteiger partial charge in [-0.05, 0) is 19.8 Å². The molecule has 0 fully saturated rings. The van der Waals surface area contributed by atoms with Crippen molar-refractivity contribution in [3.05, 3.63) is 18.6 Å². The smallest absolute Gasteiger partial charge is 0.0283 e. The largest absolute Gasteiger partial charge is 0.0853 e. The third-order valence-corrected chi connectivity index (χ3v) is 1.18. The standard InChI is InChI=1S/C8H15/c1-4-6-7-8(3)5-2/h7H,3-6H2,1-2H3/b8-7-. The Bertz CT molecular complexity index is 70.1. The first-order chi connectivity index (χ1) is 3.81. The Morgan fingerprint density at radius 3 is 2.50 bits per heavy atom. The van der Waals surface area contributed by atoms with Gasteiger partial charge in [0.15, 0.2) is 0 Å². The van der Waals surface area contributed by atoms with E-state index in [9.17, 15) is 0 Å². The second-order valence-electron chi connectivity index (χ2n) is 2.00. The van der Waals surface area contributed by atoms with Crippen molar-refractivity contribution < 1.29 is 0 Å². The summed E-state index contributed by atoms with van der Waals surface area (Å²) in [7, 11) is 0. The van der Waals surface area contributed by atoms with Gasteiger partial charge in [0.05, 0.1) is 0 Å². The molecule has 0 unspecified atom stereocenters. The summed E-state index contributed by atoms with van der Waals surface area (Å²) in [5.74, 6) is 0. The highest BCUT2D eigenvalue weighted by Crippen LogP contribution is 2.00. The van der Waals surface area contributed by atoms with Gasteiger partial charge in [-0.25, -0.2) is 0 Å². The quantitative estimate of drug-likeness (QED) is 0.525. The molecule has 0 heteroatoms. The first-order valence-corrected chi connectivity index (χ1v) is 3.32. The van der Waals surface area contributed by atoms with Gasteiger partial charge in [-0.1, -0.05) is 31.9 Å². The second kappa shape index (κ2) is 4.89. The normalized spacial score (nSPS) is 12.1. The molecule has 0 spiro atoms. The van der Waals surface area contributed by atoms with Gasteiger partial charge in [-0.2, -0.15) is 0 Å². The lowest BCUT2D eigenvalue weighted by Crippen LogP contribution is -1.70. The Balaban J connectivity index is 3.26. The molecule has 47 valence electrons. The SMILES string of the molecule is [CH2]/C(=C/CCC)CC. The van der Waals surface area contributed by atoms with Gasteiger partial charge in [0.1, 0.15) is 0 Å². The Hall–Kier alpha value is -0.260. The van der Waals surface area contributed by atoms with Crippen LogP contribution in [0.1, 0.15) is 33.1 Å². The maximum atomic E-state index is 3.86. The highest BCUT2D eigenvalue weighted by molar-refractivity contribution is 5.03. The van der Waals surface area contributed by atoms with Crippen LogP contribution in [0.4, 0.5) is 0 Å². The lowest BCUT2D eigenvalue weighted by molar-refractivity contribution is 0.942. The first kappa shape index (κ1) is 7.74. The Morgan fingerprint density at radius 1 is 1.50 bits per heavy atom. The Labute approximate surface area is 52.6 Å². The van der Waals surface area contributed by atoms with Gasteiger partial charge < -0.3 is 0 Å². The lowest BCUT2D eigenvalue weighted by Gasteiger charge is -1.90. The minimum atomic E-state index is 1.10. The molecule has 8 heavy (non-hydrogen) atoms. The van der Waals surface area contributed by atoms with E-state index in [0.717, 1.165) is 6.42 Å². The maximum Gasteiger partial charge on any atom is -0.0283 e. The molecule has 0 bridgehead atoms. The Kier molecular flexibility index (Phi) is 4.73. The zero-order valence-corrected chi connectivity index (χ0v) is 5.91. The van der Waals surface area contributed by atoms with Crippen molar-refractivity contribution in [2.75, 3.05) is 0 Å². The van der Waals surface area contributed by atoms with Gasteiger partial charge in [0, 0.05) is 0 Å². The summed E-state index contributed by atoms with van der Waals surface area (Å²) in [6, 6.07) is 0. The predicted molar refractivity (Wildman–Crippen MR) is 38.6 cm³/mol. The molecule has 0 heterocycles. The molecule has 0 amide bonds. The van der Waals surface area contributed by atoms with Crippen LogP contribution in [0, 0.1) is 6.92 Å². The number of unbranched alkanes of at least 4 members (excludes halogenated alkanes) is 1. The van der Waals surface area contributed by atoms with Crippen molar-refractivity contribution in [3.8, 4) is 0 Å². The summed E-state index contributed by atoms with van der Waals surface area (Å²) in [6.07, 6.45) is 5.73. The van der Waals surface area contributed by atoms with Crippen LogP contribution >= 0.6 is 0 Å². The van der Waals surface area contributed by atoms with Crippen LogP contribution in [-0.4, -0.2) is 0 Å². The summed E-state index contributed by atoms with van der Waals surface area (Å²) in [4.78, 5) is 0. The minimum Gasteiger partial charge on any atom is -0.0853 e. The van der Waals surface area contributed by atoms with Gasteiger partial charge >= 0.3 is 0 Å². The topological polar surface area (TPSA) is 0 Å². The summed E-state index contributed by atoms with van der Waals surface area (Å²) < 4.78 is 0. The zero-order valence-electron chi connectivity index (χ0n) is 5.91. The summed E-state index contributed by atoms with van der Waals surface area (Å²) >= 11 is 0. The molecule has 0 aromatic heterocycles. The van der Waals surface area contributed by atoms with Gasteiger partial charge in [-0.15, -0.1) is 0 Å². The summed E-state index contributed by atoms with van der Waals surface area (Å²) in [5, 5.41) is 0. The fourth-order valence-electron chi connectivity index (χ4n) is 0.493. The molecule has 0 N–H and O–H groups in total. The van der Waals surface area contributed by atoms with E-state index in [-0.39, 0.29) is 0 Å². The van der Waals surface area contributed by atoms with Crippen LogP contribution in [0.3, 0.4) is 0 Å². The lowest BCUT2D eigenvalue weighted by atomic mass is 10.2. The minimum absolute atomic E-state index is 1.10. The van der Waals surface area contributed by atoms with Crippen LogP contribution in [-0.2, 0) is 0 Å². The van der Waals surface area contributed by atoms with Gasteiger partial charge in [0.2, 0.25) is 0 Å². The fraction of sp³-hybridized carbons (Fsp3) is 0.625. The van der Waals surface area contributed by atoms with Crippen molar-refractivity contribution in [2.45, 2.75) is 33.1 Å². The zero-order chi connectivity index (χ0) is 6.41. The molecule has 0 nitrogen and oxygen atoms in total. The third-order valence-electron chi connectivity index (χ3n) is 1.18. The highest BCUT2D eigenvalue weighted by Gasteiger charge is 1.79. The monoisotopic (exact) mass is 111 g/mol. The molecular formula is C8H15. The molecule has 0 saturated carbocycles. The van der Waals surface area contributed by atoms with Crippen molar-refractivity contribution in [2.24, 2.45) is 0 Å². The van der Waals surface area contributed by atoms with E-state index in [4.69, 9.17) is 0 Å². The molecule has 1 radical (unpaired) electrons. The first-order valence-electron chi connectivity index (χ1n) is 3.32. The third kappa shape index (κ3) is 3.91. The van der Waals surface area contributed by atoms with E-state index in [2.05, 4.69) is 26.8 Å². The Morgan fingerprint density at radius 2 is 2.12 bits per heavy atom. The molecular weight excluding hydrogens is 96.1 g/mol. The van der Waals surface area contributed by atoms with E-state index < -0.39 is 0 Å². The van der Waals surface area contributed by atoms with Gasteiger partial charge in [0.25, 0.3) is 0 Å². The van der Waals surface area contributed by atoms with Crippen molar-refractivity contribution in [1.29, 1.82) is 0 Å². The molecule has 0 aromatic rings. The fourth-order valence-corrected chi connectivity index (χ4v) is 0.493. The number of hydrogen-bond donors (Lipinski definition) is 0. The van der Waals surface area contributed by atoms with Crippen molar-refractivity contribution in [1.82, 2.24) is 0 Å².